The van der Waals surface area contributed by atoms with Gasteiger partial charge in [-0.15, -0.1) is 11.3 Å². The lowest BCUT2D eigenvalue weighted by molar-refractivity contribution is 0.171. The van der Waals surface area contributed by atoms with Crippen LogP contribution in [-0.4, -0.2) is 44.5 Å². The van der Waals surface area contributed by atoms with Crippen molar-refractivity contribution in [2.45, 2.75) is 0 Å². The fraction of sp³-hybridized carbons (Fsp3) is 0.333. The SMILES string of the molecule is COCCNC(=O)Nc1nc(-c2ccc3c(c2)OCCO3)cs1. The van der Waals surface area contributed by atoms with Gasteiger partial charge in [-0.1, -0.05) is 0 Å². The van der Waals surface area contributed by atoms with Crippen molar-refractivity contribution < 1.29 is 19.0 Å². The summed E-state index contributed by atoms with van der Waals surface area (Å²) < 4.78 is 15.9. The molecule has 2 amide bonds. The van der Waals surface area contributed by atoms with E-state index < -0.39 is 0 Å². The van der Waals surface area contributed by atoms with Gasteiger partial charge in [0.1, 0.15) is 13.2 Å². The Labute approximate surface area is 137 Å². The molecule has 0 fully saturated rings. The number of nitrogens with one attached hydrogen (secondary N) is 2. The lowest BCUT2D eigenvalue weighted by atomic mass is 10.1. The number of urea groups is 1. The maximum Gasteiger partial charge on any atom is 0.321 e. The summed E-state index contributed by atoms with van der Waals surface area (Å²) in [6.45, 7) is 2.02. The molecule has 122 valence electrons. The number of amides is 2. The van der Waals surface area contributed by atoms with Gasteiger partial charge in [-0.25, -0.2) is 9.78 Å². The first-order valence-electron chi connectivity index (χ1n) is 7.15. The first-order chi connectivity index (χ1) is 11.3. The smallest absolute Gasteiger partial charge is 0.321 e. The number of hydrogen-bond acceptors (Lipinski definition) is 6. The number of methoxy groups -OCH3 is 1. The molecule has 0 radical (unpaired) electrons. The highest BCUT2D eigenvalue weighted by molar-refractivity contribution is 7.14. The second kappa shape index (κ2) is 7.30. The largest absolute Gasteiger partial charge is 0.486 e. The van der Waals surface area contributed by atoms with E-state index in [1.807, 2.05) is 23.6 Å². The summed E-state index contributed by atoms with van der Waals surface area (Å²) >= 11 is 1.36. The van der Waals surface area contributed by atoms with Crippen LogP contribution in [0.3, 0.4) is 0 Å². The molecule has 0 atom stereocenters. The summed E-state index contributed by atoms with van der Waals surface area (Å²) in [7, 11) is 1.58. The molecule has 0 unspecified atom stereocenters. The number of nitrogens with zero attached hydrogens (tertiary/aromatic N) is 1. The van der Waals surface area contributed by atoms with Gasteiger partial charge in [-0.05, 0) is 18.2 Å². The normalized spacial score (nSPS) is 12.7. The molecule has 0 spiro atoms. The molecular formula is C15H17N3O4S. The molecule has 2 N–H and O–H groups in total. The quantitative estimate of drug-likeness (QED) is 0.820. The third-order valence-electron chi connectivity index (χ3n) is 3.15. The Morgan fingerprint density at radius 1 is 1.35 bits per heavy atom. The van der Waals surface area contributed by atoms with Gasteiger partial charge in [-0.2, -0.15) is 0 Å². The van der Waals surface area contributed by atoms with Gasteiger partial charge in [0.15, 0.2) is 16.6 Å². The van der Waals surface area contributed by atoms with Gasteiger partial charge in [0, 0.05) is 24.6 Å². The van der Waals surface area contributed by atoms with Gasteiger partial charge in [0.2, 0.25) is 0 Å². The zero-order valence-corrected chi connectivity index (χ0v) is 13.4. The van der Waals surface area contributed by atoms with E-state index >= 15 is 0 Å². The van der Waals surface area contributed by atoms with Gasteiger partial charge in [0.25, 0.3) is 0 Å². The van der Waals surface area contributed by atoms with Crippen LogP contribution < -0.4 is 20.1 Å². The molecule has 0 bridgehead atoms. The summed E-state index contributed by atoms with van der Waals surface area (Å²) in [5, 5.41) is 7.79. The van der Waals surface area contributed by atoms with Gasteiger partial charge in [0.05, 0.1) is 12.3 Å². The third kappa shape index (κ3) is 3.91. The van der Waals surface area contributed by atoms with E-state index in [1.165, 1.54) is 11.3 Å². The average Bonchev–Trinajstić information content (AvgIpc) is 3.03. The van der Waals surface area contributed by atoms with E-state index in [2.05, 4.69) is 15.6 Å². The number of hydrogen-bond donors (Lipinski definition) is 2. The molecule has 23 heavy (non-hydrogen) atoms. The molecule has 0 saturated carbocycles. The first-order valence-corrected chi connectivity index (χ1v) is 8.03. The van der Waals surface area contributed by atoms with Crippen LogP contribution in [0, 0.1) is 0 Å². The standard InChI is InChI=1S/C15H17N3O4S/c1-20-5-4-16-14(19)18-15-17-11(9-23-15)10-2-3-12-13(8-10)22-7-6-21-12/h2-3,8-9H,4-7H2,1H3,(H2,16,17,18,19). The number of rotatable bonds is 5. The van der Waals surface area contributed by atoms with Crippen molar-refractivity contribution in [3.8, 4) is 22.8 Å². The molecule has 0 saturated heterocycles. The van der Waals surface area contributed by atoms with Crippen LogP contribution in [0.4, 0.5) is 9.93 Å². The summed E-state index contributed by atoms with van der Waals surface area (Å²) in [5.41, 5.74) is 1.69. The number of thiazole rings is 1. The summed E-state index contributed by atoms with van der Waals surface area (Å²) in [6.07, 6.45) is 0. The van der Waals surface area contributed by atoms with Crippen LogP contribution >= 0.6 is 11.3 Å². The molecule has 1 aromatic heterocycles. The van der Waals surface area contributed by atoms with Crippen LogP contribution in [0.15, 0.2) is 23.6 Å². The van der Waals surface area contributed by atoms with Crippen molar-refractivity contribution in [3.63, 3.8) is 0 Å². The Bertz CT molecular complexity index is 689. The Morgan fingerprint density at radius 2 is 2.17 bits per heavy atom. The number of ether oxygens (including phenoxy) is 3. The molecule has 8 heteroatoms. The molecule has 0 aliphatic carbocycles. The fourth-order valence-corrected chi connectivity index (χ4v) is 2.79. The van der Waals surface area contributed by atoms with Crippen LogP contribution in [0.2, 0.25) is 0 Å². The second-order valence-corrected chi connectivity index (χ2v) is 5.63. The van der Waals surface area contributed by atoms with Crippen LogP contribution in [0.1, 0.15) is 0 Å². The fourth-order valence-electron chi connectivity index (χ4n) is 2.07. The molecule has 2 heterocycles. The summed E-state index contributed by atoms with van der Waals surface area (Å²) in [4.78, 5) is 16.1. The zero-order valence-electron chi connectivity index (χ0n) is 12.6. The predicted octanol–water partition coefficient (Wildman–Crippen LogP) is 2.35. The minimum atomic E-state index is -0.301. The monoisotopic (exact) mass is 335 g/mol. The van der Waals surface area contributed by atoms with Crippen molar-refractivity contribution in [3.05, 3.63) is 23.6 Å². The van der Waals surface area contributed by atoms with E-state index in [1.54, 1.807) is 7.11 Å². The summed E-state index contributed by atoms with van der Waals surface area (Å²) in [5.74, 6) is 1.46. The minimum Gasteiger partial charge on any atom is -0.486 e. The number of carbonyl (C=O) groups is 1. The molecule has 1 aromatic carbocycles. The summed E-state index contributed by atoms with van der Waals surface area (Å²) in [6, 6.07) is 5.38. The average molecular weight is 335 g/mol. The predicted molar refractivity (Wildman–Crippen MR) is 87.4 cm³/mol. The molecular weight excluding hydrogens is 318 g/mol. The van der Waals surface area contributed by atoms with Crippen molar-refractivity contribution >= 4 is 22.5 Å². The molecule has 3 rings (SSSR count). The number of fused-ring (bicyclic) bond motifs is 1. The molecule has 7 nitrogen and oxygen atoms in total. The number of carbonyl (C=O) groups excluding carboxylic acids is 1. The van der Waals surface area contributed by atoms with Crippen molar-refractivity contribution in [1.29, 1.82) is 0 Å². The molecule has 1 aliphatic heterocycles. The topological polar surface area (TPSA) is 81.7 Å². The van der Waals surface area contributed by atoms with E-state index in [0.717, 1.165) is 17.0 Å². The zero-order chi connectivity index (χ0) is 16.1. The maximum absolute atomic E-state index is 11.7. The number of anilines is 1. The van der Waals surface area contributed by atoms with Crippen LogP contribution in [-0.2, 0) is 4.74 Å². The highest BCUT2D eigenvalue weighted by Gasteiger charge is 2.14. The minimum absolute atomic E-state index is 0.301. The van der Waals surface area contributed by atoms with Crippen LogP contribution in [0.5, 0.6) is 11.5 Å². The second-order valence-electron chi connectivity index (χ2n) is 4.77. The molecule has 2 aromatic rings. The first kappa shape index (κ1) is 15.6. The van der Waals surface area contributed by atoms with E-state index in [4.69, 9.17) is 14.2 Å². The lowest BCUT2D eigenvalue weighted by Gasteiger charge is -2.18. The lowest BCUT2D eigenvalue weighted by Crippen LogP contribution is -2.31. The van der Waals surface area contributed by atoms with E-state index in [0.29, 0.717) is 37.2 Å². The van der Waals surface area contributed by atoms with Crippen molar-refractivity contribution in [2.24, 2.45) is 0 Å². The van der Waals surface area contributed by atoms with Crippen LogP contribution in [0.25, 0.3) is 11.3 Å². The third-order valence-corrected chi connectivity index (χ3v) is 3.91. The van der Waals surface area contributed by atoms with Crippen molar-refractivity contribution in [1.82, 2.24) is 10.3 Å². The Balaban J connectivity index is 1.66. The Hall–Kier alpha value is -2.32. The Kier molecular flexibility index (Phi) is 4.94. The number of aromatic nitrogens is 1. The van der Waals surface area contributed by atoms with Gasteiger partial charge >= 0.3 is 6.03 Å². The van der Waals surface area contributed by atoms with E-state index in [9.17, 15) is 4.79 Å². The highest BCUT2D eigenvalue weighted by Crippen LogP contribution is 2.35. The van der Waals surface area contributed by atoms with E-state index in [-0.39, 0.29) is 6.03 Å². The maximum atomic E-state index is 11.7. The highest BCUT2D eigenvalue weighted by atomic mass is 32.1. The number of benzene rings is 1. The molecule has 1 aliphatic rings. The van der Waals surface area contributed by atoms with Gasteiger partial charge < -0.3 is 19.5 Å². The van der Waals surface area contributed by atoms with Crippen molar-refractivity contribution in [2.75, 3.05) is 38.8 Å². The Morgan fingerprint density at radius 3 is 3.00 bits per heavy atom. The van der Waals surface area contributed by atoms with Gasteiger partial charge in [-0.3, -0.25) is 5.32 Å².